The summed E-state index contributed by atoms with van der Waals surface area (Å²) < 4.78 is 21.2. The van der Waals surface area contributed by atoms with Crippen molar-refractivity contribution in [3.63, 3.8) is 0 Å². The van der Waals surface area contributed by atoms with E-state index in [-0.39, 0.29) is 0 Å². The third-order valence-corrected chi connectivity index (χ3v) is 4.28. The van der Waals surface area contributed by atoms with Crippen LogP contribution in [0, 0.1) is 0 Å². The minimum absolute atomic E-state index is 0.424. The van der Waals surface area contributed by atoms with Gasteiger partial charge >= 0.3 is 5.97 Å². The molecule has 0 aliphatic rings. The van der Waals surface area contributed by atoms with E-state index < -0.39 is 18.5 Å². The molecule has 3 aromatic carbocycles. The van der Waals surface area contributed by atoms with Gasteiger partial charge in [-0.15, -0.1) is 0 Å². The first-order valence-corrected chi connectivity index (χ1v) is 9.77. The van der Waals surface area contributed by atoms with E-state index in [1.54, 1.807) is 55.7 Å². The Morgan fingerprint density at radius 1 is 0.844 bits per heavy atom. The van der Waals surface area contributed by atoms with Gasteiger partial charge in [-0.2, -0.15) is 0 Å². The maximum absolute atomic E-state index is 12.1. The quantitative estimate of drug-likeness (QED) is 0.389. The van der Waals surface area contributed by atoms with Crippen molar-refractivity contribution in [1.29, 1.82) is 0 Å². The molecule has 0 unspecified atom stereocenters. The Labute approximate surface area is 186 Å². The summed E-state index contributed by atoms with van der Waals surface area (Å²) >= 11 is 0. The molecule has 32 heavy (non-hydrogen) atoms. The van der Waals surface area contributed by atoms with Gasteiger partial charge in [0.25, 0.3) is 5.91 Å². The fraction of sp³-hybridized carbons (Fsp3) is 0.120. The molecule has 0 aliphatic heterocycles. The van der Waals surface area contributed by atoms with Crippen LogP contribution in [-0.2, 0) is 14.3 Å². The van der Waals surface area contributed by atoms with Crippen LogP contribution in [0.3, 0.4) is 0 Å². The number of amides is 1. The van der Waals surface area contributed by atoms with Crippen LogP contribution in [0.4, 0.5) is 5.69 Å². The Kier molecular flexibility index (Phi) is 7.86. The highest BCUT2D eigenvalue weighted by molar-refractivity contribution is 5.94. The van der Waals surface area contributed by atoms with Gasteiger partial charge in [-0.3, -0.25) is 4.79 Å². The Hall–Kier alpha value is -4.26. The lowest BCUT2D eigenvalue weighted by Crippen LogP contribution is -2.20. The molecule has 0 aromatic heterocycles. The summed E-state index contributed by atoms with van der Waals surface area (Å²) in [6.07, 6.45) is 2.77. The highest BCUT2D eigenvalue weighted by Gasteiger charge is 2.08. The maximum Gasteiger partial charge on any atom is 0.331 e. The molecule has 0 bridgehead atoms. The number of ether oxygens (including phenoxy) is 4. The molecular formula is C25H23NO6. The van der Waals surface area contributed by atoms with Gasteiger partial charge in [0.05, 0.1) is 14.2 Å². The van der Waals surface area contributed by atoms with Gasteiger partial charge in [0, 0.05) is 29.5 Å². The van der Waals surface area contributed by atoms with E-state index in [2.05, 4.69) is 5.32 Å². The van der Waals surface area contributed by atoms with E-state index in [9.17, 15) is 9.59 Å². The predicted molar refractivity (Wildman–Crippen MR) is 121 cm³/mol. The first kappa shape index (κ1) is 22.4. The highest BCUT2D eigenvalue weighted by Crippen LogP contribution is 2.26. The number of nitrogens with one attached hydrogen (secondary N) is 1. The van der Waals surface area contributed by atoms with E-state index in [1.165, 1.54) is 13.2 Å². The second kappa shape index (κ2) is 11.2. The summed E-state index contributed by atoms with van der Waals surface area (Å²) in [4.78, 5) is 24.1. The Morgan fingerprint density at radius 2 is 1.62 bits per heavy atom. The lowest BCUT2D eigenvalue weighted by Gasteiger charge is -2.09. The van der Waals surface area contributed by atoms with Crippen LogP contribution in [0.1, 0.15) is 5.56 Å². The normalized spacial score (nSPS) is 10.4. The van der Waals surface area contributed by atoms with Gasteiger partial charge in [0.15, 0.2) is 6.61 Å². The maximum atomic E-state index is 12.1. The number of hydrogen-bond acceptors (Lipinski definition) is 6. The van der Waals surface area contributed by atoms with Crippen molar-refractivity contribution < 1.29 is 28.5 Å². The van der Waals surface area contributed by atoms with E-state index in [1.807, 2.05) is 30.3 Å². The molecule has 0 spiro atoms. The zero-order valence-corrected chi connectivity index (χ0v) is 17.7. The zero-order valence-electron chi connectivity index (χ0n) is 17.7. The van der Waals surface area contributed by atoms with Crippen LogP contribution in [0.15, 0.2) is 78.9 Å². The first-order valence-electron chi connectivity index (χ1n) is 9.77. The largest absolute Gasteiger partial charge is 0.497 e. The van der Waals surface area contributed by atoms with E-state index in [0.29, 0.717) is 34.2 Å². The van der Waals surface area contributed by atoms with Crippen molar-refractivity contribution in [2.75, 3.05) is 26.1 Å². The standard InChI is InChI=1S/C25H23NO6/c1-29-21-13-11-18(23(16-21)30-2)12-14-25(28)31-17-24(27)26-19-7-6-10-22(15-19)32-20-8-4-3-5-9-20/h3-16H,17H2,1-2H3,(H,26,27). The topological polar surface area (TPSA) is 83.1 Å². The smallest absolute Gasteiger partial charge is 0.331 e. The average molecular weight is 433 g/mol. The number of methoxy groups -OCH3 is 2. The SMILES string of the molecule is COc1ccc(C=CC(=O)OCC(=O)Nc2cccc(Oc3ccccc3)c2)c(OC)c1. The van der Waals surface area contributed by atoms with E-state index >= 15 is 0 Å². The minimum Gasteiger partial charge on any atom is -0.497 e. The third kappa shape index (κ3) is 6.63. The number of carbonyl (C=O) groups excluding carboxylic acids is 2. The molecule has 0 atom stereocenters. The van der Waals surface area contributed by atoms with Gasteiger partial charge in [-0.1, -0.05) is 24.3 Å². The van der Waals surface area contributed by atoms with Gasteiger partial charge in [-0.25, -0.2) is 4.79 Å². The van der Waals surface area contributed by atoms with Gasteiger partial charge in [0.2, 0.25) is 0 Å². The summed E-state index contributed by atoms with van der Waals surface area (Å²) in [5.41, 5.74) is 1.20. The monoisotopic (exact) mass is 433 g/mol. The molecule has 1 amide bonds. The van der Waals surface area contributed by atoms with Crippen molar-refractivity contribution in [2.24, 2.45) is 0 Å². The molecule has 3 rings (SSSR count). The summed E-state index contributed by atoms with van der Waals surface area (Å²) in [6.45, 7) is -0.424. The highest BCUT2D eigenvalue weighted by atomic mass is 16.5. The van der Waals surface area contributed by atoms with Crippen LogP contribution in [0.25, 0.3) is 6.08 Å². The number of rotatable bonds is 9. The number of para-hydroxylation sites is 1. The summed E-state index contributed by atoms with van der Waals surface area (Å²) in [5.74, 6) is 1.32. The van der Waals surface area contributed by atoms with Crippen LogP contribution in [-0.4, -0.2) is 32.7 Å². The molecule has 0 saturated carbocycles. The molecular weight excluding hydrogens is 410 g/mol. The molecule has 7 heteroatoms. The Balaban J connectivity index is 1.51. The molecule has 0 heterocycles. The van der Waals surface area contributed by atoms with Crippen LogP contribution in [0.5, 0.6) is 23.0 Å². The van der Waals surface area contributed by atoms with Gasteiger partial charge in [-0.05, 0) is 42.5 Å². The van der Waals surface area contributed by atoms with Crippen molar-refractivity contribution in [3.05, 3.63) is 84.4 Å². The third-order valence-electron chi connectivity index (χ3n) is 4.28. The van der Waals surface area contributed by atoms with Crippen LogP contribution >= 0.6 is 0 Å². The first-order chi connectivity index (χ1) is 15.6. The predicted octanol–water partition coefficient (Wildman–Crippen LogP) is 4.69. The second-order valence-corrected chi connectivity index (χ2v) is 6.54. The molecule has 164 valence electrons. The molecule has 0 aliphatic carbocycles. The fourth-order valence-electron chi connectivity index (χ4n) is 2.76. The van der Waals surface area contributed by atoms with Crippen LogP contribution < -0.4 is 19.5 Å². The number of carbonyl (C=O) groups is 2. The Morgan fingerprint density at radius 3 is 2.38 bits per heavy atom. The second-order valence-electron chi connectivity index (χ2n) is 6.54. The lowest BCUT2D eigenvalue weighted by atomic mass is 10.2. The van der Waals surface area contributed by atoms with E-state index in [4.69, 9.17) is 18.9 Å². The number of esters is 1. The van der Waals surface area contributed by atoms with Crippen molar-refractivity contribution in [2.45, 2.75) is 0 Å². The number of anilines is 1. The molecule has 1 N–H and O–H groups in total. The number of benzene rings is 3. The molecule has 3 aromatic rings. The van der Waals surface area contributed by atoms with Gasteiger partial charge in [0.1, 0.15) is 23.0 Å². The summed E-state index contributed by atoms with van der Waals surface area (Å²) in [5, 5.41) is 2.67. The average Bonchev–Trinajstić information content (AvgIpc) is 2.82. The summed E-state index contributed by atoms with van der Waals surface area (Å²) in [7, 11) is 3.08. The van der Waals surface area contributed by atoms with Crippen LogP contribution in [0.2, 0.25) is 0 Å². The van der Waals surface area contributed by atoms with Gasteiger partial charge < -0.3 is 24.3 Å². The summed E-state index contributed by atoms with van der Waals surface area (Å²) in [6, 6.07) is 21.4. The Bertz CT molecular complexity index is 1090. The minimum atomic E-state index is -0.654. The van der Waals surface area contributed by atoms with E-state index in [0.717, 1.165) is 0 Å². The zero-order chi connectivity index (χ0) is 22.8. The molecule has 7 nitrogen and oxygen atoms in total. The molecule has 0 saturated heterocycles. The molecule has 0 fully saturated rings. The van der Waals surface area contributed by atoms with Crippen molar-refractivity contribution in [1.82, 2.24) is 0 Å². The number of hydrogen-bond donors (Lipinski definition) is 1. The molecule has 0 radical (unpaired) electrons. The van der Waals surface area contributed by atoms with Crippen molar-refractivity contribution >= 4 is 23.6 Å². The van der Waals surface area contributed by atoms with Crippen molar-refractivity contribution in [3.8, 4) is 23.0 Å². The lowest BCUT2D eigenvalue weighted by molar-refractivity contribution is -0.142. The fourth-order valence-corrected chi connectivity index (χ4v) is 2.76.